The molecule has 0 spiro atoms. The molecule has 1 unspecified atom stereocenters. The Morgan fingerprint density at radius 2 is 1.55 bits per heavy atom. The van der Waals surface area contributed by atoms with Gasteiger partial charge in [0.25, 0.3) is 0 Å². The summed E-state index contributed by atoms with van der Waals surface area (Å²) in [5.74, 6) is 0. The molecule has 0 saturated heterocycles. The lowest BCUT2D eigenvalue weighted by Gasteiger charge is -2.29. The topological polar surface area (TPSA) is 0 Å². The highest BCUT2D eigenvalue weighted by atomic mass is 79.9. The first-order valence-electron chi connectivity index (χ1n) is 4.15. The maximum absolute atomic E-state index is 3.75. The minimum atomic E-state index is 0.250. The minimum Gasteiger partial charge on any atom is -0.0859 e. The Bertz CT molecular complexity index is 111. The number of hydrogen-bond donors (Lipinski definition) is 0. The molecule has 0 radical (unpaired) electrons. The van der Waals surface area contributed by atoms with Gasteiger partial charge in [-0.2, -0.15) is 0 Å². The number of halogens is 2. The quantitative estimate of drug-likeness (QED) is 0.667. The molecule has 0 heterocycles. The van der Waals surface area contributed by atoms with Gasteiger partial charge in [-0.1, -0.05) is 59.1 Å². The van der Waals surface area contributed by atoms with Gasteiger partial charge in [-0.05, 0) is 19.8 Å². The molecule has 0 nitrogen and oxygen atoms in total. The Balaban J connectivity index is 3.91. The Kier molecular flexibility index (Phi) is 4.64. The highest BCUT2D eigenvalue weighted by Gasteiger charge is 2.27. The molecule has 0 fully saturated rings. The van der Waals surface area contributed by atoms with Crippen LogP contribution in [0.1, 0.15) is 47.0 Å². The van der Waals surface area contributed by atoms with Crippen molar-refractivity contribution in [1.29, 1.82) is 0 Å². The average molecular weight is 286 g/mol. The normalized spacial score (nSPS) is 18.0. The van der Waals surface area contributed by atoms with Crippen molar-refractivity contribution >= 4 is 31.9 Å². The Labute approximate surface area is 87.4 Å². The van der Waals surface area contributed by atoms with E-state index in [1.165, 1.54) is 12.8 Å². The molecule has 0 rings (SSSR count). The van der Waals surface area contributed by atoms with Crippen LogP contribution in [0.3, 0.4) is 0 Å². The lowest BCUT2D eigenvalue weighted by atomic mass is 9.95. The summed E-state index contributed by atoms with van der Waals surface area (Å²) < 4.78 is 0.551. The molecular weight excluding hydrogens is 268 g/mol. The molecule has 0 saturated carbocycles. The van der Waals surface area contributed by atoms with Gasteiger partial charge in [0.2, 0.25) is 0 Å². The predicted octanol–water partition coefficient (Wildman–Crippen LogP) is 4.50. The van der Waals surface area contributed by atoms with E-state index in [9.17, 15) is 0 Å². The summed E-state index contributed by atoms with van der Waals surface area (Å²) in [5.41, 5.74) is 0. The van der Waals surface area contributed by atoms with Crippen LogP contribution in [0.5, 0.6) is 0 Å². The van der Waals surface area contributed by atoms with Gasteiger partial charge in [-0.15, -0.1) is 0 Å². The summed E-state index contributed by atoms with van der Waals surface area (Å²) in [6.07, 6.45) is 3.64. The summed E-state index contributed by atoms with van der Waals surface area (Å²) in [6, 6.07) is 0. The minimum absolute atomic E-state index is 0.250. The highest BCUT2D eigenvalue weighted by molar-refractivity contribution is 9.10. The SMILES string of the molecule is CCCC(C)(Br)CC(C)(C)Br. The second-order valence-corrected chi connectivity index (χ2v) is 8.12. The molecular formula is C9H18Br2. The molecule has 0 aromatic rings. The van der Waals surface area contributed by atoms with Crippen LogP contribution in [0.25, 0.3) is 0 Å². The molecule has 0 aromatic heterocycles. The summed E-state index contributed by atoms with van der Waals surface area (Å²) >= 11 is 7.40. The smallest absolute Gasteiger partial charge is 0.0242 e. The maximum Gasteiger partial charge on any atom is 0.0242 e. The van der Waals surface area contributed by atoms with E-state index in [2.05, 4.69) is 59.6 Å². The van der Waals surface area contributed by atoms with Gasteiger partial charge < -0.3 is 0 Å². The van der Waals surface area contributed by atoms with E-state index in [1.807, 2.05) is 0 Å². The van der Waals surface area contributed by atoms with Crippen LogP contribution >= 0.6 is 31.9 Å². The lowest BCUT2D eigenvalue weighted by Crippen LogP contribution is -2.25. The van der Waals surface area contributed by atoms with Crippen molar-refractivity contribution in [3.05, 3.63) is 0 Å². The van der Waals surface area contributed by atoms with E-state index in [1.54, 1.807) is 0 Å². The van der Waals surface area contributed by atoms with E-state index in [0.717, 1.165) is 6.42 Å². The van der Waals surface area contributed by atoms with Crippen LogP contribution in [0.15, 0.2) is 0 Å². The second-order valence-electron chi connectivity index (χ2n) is 4.06. The fraction of sp³-hybridized carbons (Fsp3) is 1.00. The first-order chi connectivity index (χ1) is 4.77. The van der Waals surface area contributed by atoms with Gasteiger partial charge in [0, 0.05) is 8.65 Å². The van der Waals surface area contributed by atoms with Crippen LogP contribution in [-0.2, 0) is 0 Å². The van der Waals surface area contributed by atoms with Crippen molar-refractivity contribution < 1.29 is 0 Å². The lowest BCUT2D eigenvalue weighted by molar-refractivity contribution is 0.491. The fourth-order valence-corrected chi connectivity index (χ4v) is 3.58. The third-order valence-corrected chi connectivity index (χ3v) is 2.52. The van der Waals surface area contributed by atoms with Gasteiger partial charge >= 0.3 is 0 Å². The van der Waals surface area contributed by atoms with Crippen molar-refractivity contribution in [2.45, 2.75) is 55.6 Å². The monoisotopic (exact) mass is 284 g/mol. The molecule has 0 aromatic carbocycles. The van der Waals surface area contributed by atoms with Crippen LogP contribution in [0, 0.1) is 0 Å². The highest BCUT2D eigenvalue weighted by Crippen LogP contribution is 2.36. The molecule has 1 atom stereocenters. The summed E-state index contributed by atoms with van der Waals surface area (Å²) in [4.78, 5) is 0. The van der Waals surface area contributed by atoms with Gasteiger partial charge in [0.05, 0.1) is 0 Å². The second kappa shape index (κ2) is 4.27. The zero-order valence-corrected chi connectivity index (χ0v) is 11.0. The molecule has 0 amide bonds. The van der Waals surface area contributed by atoms with Crippen molar-refractivity contribution in [1.82, 2.24) is 0 Å². The number of alkyl halides is 2. The van der Waals surface area contributed by atoms with Gasteiger partial charge in [-0.3, -0.25) is 0 Å². The van der Waals surface area contributed by atoms with Crippen molar-refractivity contribution in [2.75, 3.05) is 0 Å². The molecule has 68 valence electrons. The largest absolute Gasteiger partial charge is 0.0859 e. The van der Waals surface area contributed by atoms with Crippen LogP contribution in [-0.4, -0.2) is 8.65 Å². The van der Waals surface area contributed by atoms with Crippen molar-refractivity contribution in [3.63, 3.8) is 0 Å². The molecule has 0 bridgehead atoms. The van der Waals surface area contributed by atoms with Gasteiger partial charge in [-0.25, -0.2) is 0 Å². The van der Waals surface area contributed by atoms with E-state index < -0.39 is 0 Å². The average Bonchev–Trinajstić information content (AvgIpc) is 1.55. The van der Waals surface area contributed by atoms with Crippen LogP contribution < -0.4 is 0 Å². The fourth-order valence-electron chi connectivity index (χ4n) is 1.49. The van der Waals surface area contributed by atoms with E-state index in [0.29, 0.717) is 4.32 Å². The van der Waals surface area contributed by atoms with E-state index >= 15 is 0 Å². The third-order valence-electron chi connectivity index (χ3n) is 1.56. The van der Waals surface area contributed by atoms with Gasteiger partial charge in [0.15, 0.2) is 0 Å². The molecule has 0 aliphatic rings. The first-order valence-corrected chi connectivity index (χ1v) is 5.73. The molecule has 0 aliphatic carbocycles. The number of hydrogen-bond acceptors (Lipinski definition) is 0. The molecule has 11 heavy (non-hydrogen) atoms. The molecule has 2 heteroatoms. The predicted molar refractivity (Wildman–Crippen MR) is 59.9 cm³/mol. The molecule has 0 N–H and O–H groups in total. The van der Waals surface area contributed by atoms with Crippen molar-refractivity contribution in [3.8, 4) is 0 Å². The zero-order chi connectivity index (χ0) is 9.12. The molecule has 0 aliphatic heterocycles. The number of rotatable bonds is 4. The standard InChI is InChI=1S/C9H18Br2/c1-5-6-9(4,11)7-8(2,3)10/h5-7H2,1-4H3. The Morgan fingerprint density at radius 3 is 1.82 bits per heavy atom. The van der Waals surface area contributed by atoms with Crippen molar-refractivity contribution in [2.24, 2.45) is 0 Å². The van der Waals surface area contributed by atoms with Crippen LogP contribution in [0.4, 0.5) is 0 Å². The van der Waals surface area contributed by atoms with Gasteiger partial charge in [0.1, 0.15) is 0 Å². The zero-order valence-electron chi connectivity index (χ0n) is 7.88. The summed E-state index contributed by atoms with van der Waals surface area (Å²) in [7, 11) is 0. The Morgan fingerprint density at radius 1 is 1.09 bits per heavy atom. The third kappa shape index (κ3) is 7.32. The maximum atomic E-state index is 3.75. The van der Waals surface area contributed by atoms with E-state index in [-0.39, 0.29) is 4.32 Å². The van der Waals surface area contributed by atoms with Crippen LogP contribution in [0.2, 0.25) is 0 Å². The Hall–Kier alpha value is 0.960. The summed E-state index contributed by atoms with van der Waals surface area (Å²) in [5, 5.41) is 0. The van der Waals surface area contributed by atoms with E-state index in [4.69, 9.17) is 0 Å². The summed E-state index contributed by atoms with van der Waals surface area (Å²) in [6.45, 7) is 8.91. The first kappa shape index (κ1) is 12.0.